The van der Waals surface area contributed by atoms with E-state index in [2.05, 4.69) is 43.2 Å². The lowest BCUT2D eigenvalue weighted by atomic mass is 10.1. The number of benzene rings is 2. The molecule has 0 saturated heterocycles. The third-order valence-corrected chi connectivity index (χ3v) is 5.05. The number of nitrogens with zero attached hydrogens (tertiary/aromatic N) is 2. The van der Waals surface area contributed by atoms with Gasteiger partial charge in [-0.05, 0) is 51.8 Å². The molecule has 0 fully saturated rings. The Morgan fingerprint density at radius 3 is 2.27 bits per heavy atom. The molecule has 0 bridgehead atoms. The first-order valence-corrected chi connectivity index (χ1v) is 10.3. The van der Waals surface area contributed by atoms with E-state index in [-0.39, 0.29) is 17.3 Å². The summed E-state index contributed by atoms with van der Waals surface area (Å²) in [5, 5.41) is 17.5. The summed E-state index contributed by atoms with van der Waals surface area (Å²) < 4.78 is 0. The standard InChI is InChI=1S/C23H32N4O3/c1-16(2)26(17(3)4)14-13-24-22(19-9-7-6-8-10-19)23(28)25-20-12-11-18(5)15-21(20)27(29)30/h6-12,15-17,22,24H,13-14H2,1-5H3,(H,25,28)/t22-/m1/s1. The molecule has 30 heavy (non-hydrogen) atoms. The third kappa shape index (κ3) is 6.37. The van der Waals surface area contributed by atoms with Crippen molar-refractivity contribution in [3.05, 3.63) is 69.8 Å². The van der Waals surface area contributed by atoms with Crippen LogP contribution in [0.5, 0.6) is 0 Å². The second-order valence-electron chi connectivity index (χ2n) is 7.99. The normalized spacial score (nSPS) is 12.4. The smallest absolute Gasteiger partial charge is 0.293 e. The van der Waals surface area contributed by atoms with Crippen molar-refractivity contribution >= 4 is 17.3 Å². The van der Waals surface area contributed by atoms with Crippen molar-refractivity contribution in [1.29, 1.82) is 0 Å². The minimum Gasteiger partial charge on any atom is -0.319 e. The molecule has 0 aliphatic carbocycles. The number of nitrogens with one attached hydrogen (secondary N) is 2. The van der Waals surface area contributed by atoms with Crippen molar-refractivity contribution in [2.24, 2.45) is 0 Å². The highest BCUT2D eigenvalue weighted by Gasteiger charge is 2.24. The number of carbonyl (C=O) groups is 1. The van der Waals surface area contributed by atoms with Gasteiger partial charge >= 0.3 is 0 Å². The van der Waals surface area contributed by atoms with Crippen molar-refractivity contribution in [3.8, 4) is 0 Å². The number of hydrogen-bond acceptors (Lipinski definition) is 5. The van der Waals surface area contributed by atoms with Crippen LogP contribution in [0.1, 0.15) is 44.9 Å². The average Bonchev–Trinajstić information content (AvgIpc) is 2.69. The molecule has 0 aromatic heterocycles. The maximum Gasteiger partial charge on any atom is 0.293 e. The van der Waals surface area contributed by atoms with Crippen molar-refractivity contribution < 1.29 is 9.72 Å². The molecule has 0 aliphatic heterocycles. The van der Waals surface area contributed by atoms with Crippen LogP contribution in [0.15, 0.2) is 48.5 Å². The van der Waals surface area contributed by atoms with Crippen LogP contribution in [-0.4, -0.2) is 40.9 Å². The van der Waals surface area contributed by atoms with Gasteiger partial charge in [0.1, 0.15) is 11.7 Å². The minimum atomic E-state index is -0.617. The van der Waals surface area contributed by atoms with Crippen molar-refractivity contribution in [2.75, 3.05) is 18.4 Å². The molecule has 0 spiro atoms. The van der Waals surface area contributed by atoms with Gasteiger partial charge in [0.05, 0.1) is 4.92 Å². The zero-order valence-electron chi connectivity index (χ0n) is 18.4. The summed E-state index contributed by atoms with van der Waals surface area (Å²) in [4.78, 5) is 26.4. The van der Waals surface area contributed by atoms with Crippen LogP contribution in [0.3, 0.4) is 0 Å². The lowest BCUT2D eigenvalue weighted by molar-refractivity contribution is -0.384. The molecule has 7 nitrogen and oxygen atoms in total. The van der Waals surface area contributed by atoms with Gasteiger partial charge < -0.3 is 10.6 Å². The van der Waals surface area contributed by atoms with E-state index < -0.39 is 11.0 Å². The molecule has 0 radical (unpaired) electrons. The van der Waals surface area contributed by atoms with E-state index in [9.17, 15) is 14.9 Å². The Labute approximate surface area is 178 Å². The number of hydrogen-bond donors (Lipinski definition) is 2. The zero-order chi connectivity index (χ0) is 22.3. The molecule has 1 amide bonds. The molecule has 2 rings (SSSR count). The Hall–Kier alpha value is -2.77. The molecule has 0 unspecified atom stereocenters. The average molecular weight is 413 g/mol. The van der Waals surface area contributed by atoms with E-state index >= 15 is 0 Å². The summed E-state index contributed by atoms with van der Waals surface area (Å²) in [6.07, 6.45) is 0. The molecular formula is C23H32N4O3. The first kappa shape index (κ1) is 23.5. The quantitative estimate of drug-likeness (QED) is 0.449. The molecule has 0 saturated carbocycles. The summed E-state index contributed by atoms with van der Waals surface area (Å²) in [5.74, 6) is -0.325. The predicted molar refractivity (Wildman–Crippen MR) is 121 cm³/mol. The molecule has 0 heterocycles. The van der Waals surface area contributed by atoms with Crippen LogP contribution in [-0.2, 0) is 4.79 Å². The van der Waals surface area contributed by atoms with Crippen LogP contribution >= 0.6 is 0 Å². The second kappa shape index (κ2) is 10.8. The lowest BCUT2D eigenvalue weighted by Crippen LogP contribution is -2.43. The van der Waals surface area contributed by atoms with Gasteiger partial charge in [0, 0.05) is 31.2 Å². The summed E-state index contributed by atoms with van der Waals surface area (Å²) in [7, 11) is 0. The second-order valence-corrected chi connectivity index (χ2v) is 7.99. The Balaban J connectivity index is 2.20. The summed E-state index contributed by atoms with van der Waals surface area (Å²) in [6, 6.07) is 14.4. The van der Waals surface area contributed by atoms with Crippen LogP contribution in [0, 0.1) is 17.0 Å². The van der Waals surface area contributed by atoms with Crippen LogP contribution in [0.25, 0.3) is 0 Å². The van der Waals surface area contributed by atoms with Crippen LogP contribution in [0.4, 0.5) is 11.4 Å². The SMILES string of the molecule is Cc1ccc(NC(=O)[C@H](NCCN(C(C)C)C(C)C)c2ccccc2)c([N+](=O)[O-])c1. The van der Waals surface area contributed by atoms with Gasteiger partial charge in [-0.25, -0.2) is 0 Å². The molecule has 2 aromatic rings. The largest absolute Gasteiger partial charge is 0.319 e. The molecule has 7 heteroatoms. The molecular weight excluding hydrogens is 380 g/mol. The summed E-state index contributed by atoms with van der Waals surface area (Å²) in [5.41, 5.74) is 1.66. The monoisotopic (exact) mass is 412 g/mol. The number of aryl methyl sites for hydroxylation is 1. The topological polar surface area (TPSA) is 87.5 Å². The van der Waals surface area contributed by atoms with Gasteiger partial charge in [-0.3, -0.25) is 19.8 Å². The molecule has 162 valence electrons. The van der Waals surface area contributed by atoms with E-state index in [0.717, 1.165) is 17.7 Å². The fraction of sp³-hybridized carbons (Fsp3) is 0.435. The number of amides is 1. The Morgan fingerprint density at radius 2 is 1.70 bits per heavy atom. The van der Waals surface area contributed by atoms with E-state index in [1.807, 2.05) is 30.3 Å². The van der Waals surface area contributed by atoms with Gasteiger partial charge in [-0.2, -0.15) is 0 Å². The number of anilines is 1. The first-order valence-electron chi connectivity index (χ1n) is 10.3. The maximum atomic E-state index is 13.1. The molecule has 0 aliphatic rings. The summed E-state index contributed by atoms with van der Waals surface area (Å²) >= 11 is 0. The number of nitro groups is 1. The van der Waals surface area contributed by atoms with Gasteiger partial charge in [0.25, 0.3) is 5.69 Å². The summed E-state index contributed by atoms with van der Waals surface area (Å²) in [6.45, 7) is 11.8. The minimum absolute atomic E-state index is 0.110. The molecule has 2 aromatic carbocycles. The van der Waals surface area contributed by atoms with Crippen molar-refractivity contribution in [3.63, 3.8) is 0 Å². The van der Waals surface area contributed by atoms with Gasteiger partial charge in [0.15, 0.2) is 0 Å². The number of nitro benzene ring substituents is 1. The first-order chi connectivity index (χ1) is 14.2. The molecule has 2 N–H and O–H groups in total. The number of carbonyl (C=O) groups excluding carboxylic acids is 1. The fourth-order valence-electron chi connectivity index (χ4n) is 3.56. The van der Waals surface area contributed by atoms with Gasteiger partial charge in [-0.1, -0.05) is 36.4 Å². The van der Waals surface area contributed by atoms with Gasteiger partial charge in [0.2, 0.25) is 5.91 Å². The molecule has 1 atom stereocenters. The highest BCUT2D eigenvalue weighted by Crippen LogP contribution is 2.26. The zero-order valence-corrected chi connectivity index (χ0v) is 18.4. The van der Waals surface area contributed by atoms with Crippen molar-refractivity contribution in [1.82, 2.24) is 10.2 Å². The van der Waals surface area contributed by atoms with Crippen LogP contribution < -0.4 is 10.6 Å². The van der Waals surface area contributed by atoms with Crippen molar-refractivity contribution in [2.45, 2.75) is 52.7 Å². The highest BCUT2D eigenvalue weighted by molar-refractivity contribution is 5.97. The highest BCUT2D eigenvalue weighted by atomic mass is 16.6. The van der Waals surface area contributed by atoms with E-state index in [1.54, 1.807) is 19.1 Å². The van der Waals surface area contributed by atoms with E-state index in [4.69, 9.17) is 0 Å². The van der Waals surface area contributed by atoms with Crippen LogP contribution in [0.2, 0.25) is 0 Å². The maximum absolute atomic E-state index is 13.1. The number of rotatable bonds is 10. The van der Waals surface area contributed by atoms with E-state index in [1.165, 1.54) is 6.07 Å². The van der Waals surface area contributed by atoms with Gasteiger partial charge in [-0.15, -0.1) is 0 Å². The lowest BCUT2D eigenvalue weighted by Gasteiger charge is -2.31. The Bertz CT molecular complexity index is 845. The third-order valence-electron chi connectivity index (χ3n) is 5.05. The predicted octanol–water partition coefficient (Wildman–Crippen LogP) is 4.29. The Kier molecular flexibility index (Phi) is 8.50. The fourth-order valence-corrected chi connectivity index (χ4v) is 3.56. The Morgan fingerprint density at radius 1 is 1.07 bits per heavy atom. The van der Waals surface area contributed by atoms with E-state index in [0.29, 0.717) is 18.6 Å².